The highest BCUT2D eigenvalue weighted by Crippen LogP contribution is 2.33. The number of nitrogens with two attached hydrogens (primary N) is 1. The Kier molecular flexibility index (Phi) is 8.59. The largest absolute Gasteiger partial charge is 0.381 e. The molecule has 0 bridgehead atoms. The molecule has 0 aromatic heterocycles. The van der Waals surface area contributed by atoms with E-state index in [-0.39, 0.29) is 28.7 Å². The molecule has 1 heterocycles. The number of thioether (sulfide) groups is 1. The summed E-state index contributed by atoms with van der Waals surface area (Å²) in [6.07, 6.45) is 10.8. The van der Waals surface area contributed by atoms with Gasteiger partial charge in [-0.3, -0.25) is 4.99 Å². The van der Waals surface area contributed by atoms with Crippen molar-refractivity contribution >= 4 is 41.7 Å². The van der Waals surface area contributed by atoms with E-state index in [1.807, 2.05) is 11.8 Å². The second-order valence-electron chi connectivity index (χ2n) is 5.68. The van der Waals surface area contributed by atoms with Crippen LogP contribution in [0.4, 0.5) is 0 Å². The van der Waals surface area contributed by atoms with Crippen LogP contribution in [0.15, 0.2) is 4.99 Å². The fraction of sp³-hybridized carbons (Fsp3) is 0.929. The highest BCUT2D eigenvalue weighted by molar-refractivity contribution is 14.0. The molecule has 2 fully saturated rings. The highest BCUT2D eigenvalue weighted by Gasteiger charge is 2.31. The van der Waals surface area contributed by atoms with Crippen LogP contribution in [-0.4, -0.2) is 42.8 Å². The molecule has 1 aliphatic heterocycles. The maximum atomic E-state index is 6.03. The van der Waals surface area contributed by atoms with Crippen molar-refractivity contribution in [3.8, 4) is 0 Å². The summed E-state index contributed by atoms with van der Waals surface area (Å²) in [6.45, 7) is 2.52. The zero-order valence-corrected chi connectivity index (χ0v) is 15.5. The Morgan fingerprint density at radius 1 is 1.30 bits per heavy atom. The number of guanidine groups is 1. The van der Waals surface area contributed by atoms with Crippen LogP contribution in [0.2, 0.25) is 0 Å². The lowest BCUT2D eigenvalue weighted by molar-refractivity contribution is 0.0794. The Morgan fingerprint density at radius 3 is 2.55 bits per heavy atom. The fourth-order valence-corrected chi connectivity index (χ4v) is 3.67. The predicted molar refractivity (Wildman–Crippen MR) is 98.2 cm³/mol. The maximum absolute atomic E-state index is 6.03. The van der Waals surface area contributed by atoms with E-state index >= 15 is 0 Å². The molecule has 2 rings (SSSR count). The lowest BCUT2D eigenvalue weighted by Gasteiger charge is -2.34. The molecule has 4 nitrogen and oxygen atoms in total. The lowest BCUT2D eigenvalue weighted by Crippen LogP contribution is -2.43. The summed E-state index contributed by atoms with van der Waals surface area (Å²) in [4.78, 5) is 4.59. The molecule has 0 unspecified atom stereocenters. The first-order valence-corrected chi connectivity index (χ1v) is 8.66. The van der Waals surface area contributed by atoms with E-state index in [0.717, 1.165) is 32.6 Å². The van der Waals surface area contributed by atoms with Crippen LogP contribution in [0.25, 0.3) is 0 Å². The van der Waals surface area contributed by atoms with E-state index in [0.29, 0.717) is 12.0 Å². The molecular weight excluding hydrogens is 385 g/mol. The fourth-order valence-electron chi connectivity index (χ4n) is 2.90. The quantitative estimate of drug-likeness (QED) is 0.423. The van der Waals surface area contributed by atoms with Gasteiger partial charge in [0.2, 0.25) is 0 Å². The van der Waals surface area contributed by atoms with E-state index < -0.39 is 0 Å². The third-order valence-electron chi connectivity index (χ3n) is 4.33. The molecule has 6 heteroatoms. The number of nitrogens with one attached hydrogen (secondary N) is 1. The average molecular weight is 413 g/mol. The molecule has 0 spiro atoms. The van der Waals surface area contributed by atoms with Crippen molar-refractivity contribution in [3.05, 3.63) is 0 Å². The number of ether oxygens (including phenoxy) is 1. The summed E-state index contributed by atoms with van der Waals surface area (Å²) in [7, 11) is 0. The van der Waals surface area contributed by atoms with Crippen LogP contribution in [0.5, 0.6) is 0 Å². The number of aliphatic imine (C=N–C) groups is 1. The smallest absolute Gasteiger partial charge is 0.188 e. The number of hydrogen-bond donors (Lipinski definition) is 2. The van der Waals surface area contributed by atoms with Crippen LogP contribution < -0.4 is 11.1 Å². The van der Waals surface area contributed by atoms with Gasteiger partial charge in [-0.15, -0.1) is 24.0 Å². The Morgan fingerprint density at radius 2 is 1.95 bits per heavy atom. The lowest BCUT2D eigenvalue weighted by atomic mass is 9.96. The minimum absolute atomic E-state index is 0. The summed E-state index contributed by atoms with van der Waals surface area (Å²) in [6, 6.07) is 0.539. The Bertz CT molecular complexity index is 303. The van der Waals surface area contributed by atoms with Crippen LogP contribution in [0.1, 0.15) is 44.9 Å². The Balaban J connectivity index is 0.00000200. The Hall–Kier alpha value is 0.310. The third-order valence-corrected chi connectivity index (χ3v) is 5.74. The molecule has 0 amide bonds. The number of nitrogens with zero attached hydrogens (tertiary/aromatic N) is 1. The molecule has 1 saturated carbocycles. The summed E-state index contributed by atoms with van der Waals surface area (Å²) in [5.41, 5.74) is 6.03. The molecule has 1 aliphatic carbocycles. The van der Waals surface area contributed by atoms with Crippen LogP contribution in [0.3, 0.4) is 0 Å². The van der Waals surface area contributed by atoms with E-state index in [9.17, 15) is 0 Å². The third kappa shape index (κ3) is 5.60. The van der Waals surface area contributed by atoms with Crippen molar-refractivity contribution in [1.29, 1.82) is 0 Å². The highest BCUT2D eigenvalue weighted by atomic mass is 127. The van der Waals surface area contributed by atoms with Gasteiger partial charge in [0.25, 0.3) is 0 Å². The predicted octanol–water partition coefficient (Wildman–Crippen LogP) is 2.75. The molecule has 0 aromatic rings. The van der Waals surface area contributed by atoms with Crippen LogP contribution in [0, 0.1) is 0 Å². The summed E-state index contributed by atoms with van der Waals surface area (Å²) >= 11 is 1.91. The molecule has 0 atom stereocenters. The second-order valence-corrected chi connectivity index (χ2v) is 6.95. The first kappa shape index (κ1) is 18.4. The Labute approximate surface area is 144 Å². The topological polar surface area (TPSA) is 59.6 Å². The van der Waals surface area contributed by atoms with E-state index in [2.05, 4.69) is 16.6 Å². The van der Waals surface area contributed by atoms with Gasteiger partial charge in [-0.25, -0.2) is 0 Å². The van der Waals surface area contributed by atoms with Gasteiger partial charge in [0.05, 0.1) is 6.54 Å². The molecular formula is C14H28IN3OS. The van der Waals surface area contributed by atoms with Crippen molar-refractivity contribution in [1.82, 2.24) is 5.32 Å². The van der Waals surface area contributed by atoms with Crippen molar-refractivity contribution in [3.63, 3.8) is 0 Å². The summed E-state index contributed by atoms with van der Waals surface area (Å²) < 4.78 is 5.68. The number of halogens is 1. The van der Waals surface area contributed by atoms with E-state index in [4.69, 9.17) is 10.5 Å². The second kappa shape index (κ2) is 9.35. The van der Waals surface area contributed by atoms with Gasteiger partial charge in [-0.05, 0) is 31.9 Å². The van der Waals surface area contributed by atoms with E-state index in [1.165, 1.54) is 32.1 Å². The minimum Gasteiger partial charge on any atom is -0.381 e. The van der Waals surface area contributed by atoms with Gasteiger partial charge < -0.3 is 15.8 Å². The van der Waals surface area contributed by atoms with Crippen LogP contribution >= 0.6 is 35.7 Å². The molecule has 118 valence electrons. The molecule has 0 aromatic carbocycles. The summed E-state index contributed by atoms with van der Waals surface area (Å²) in [5.74, 6) is 0.631. The monoisotopic (exact) mass is 413 g/mol. The molecule has 3 N–H and O–H groups in total. The number of rotatable bonds is 4. The van der Waals surface area contributed by atoms with Crippen molar-refractivity contribution in [2.45, 2.75) is 55.7 Å². The van der Waals surface area contributed by atoms with E-state index in [1.54, 1.807) is 0 Å². The molecule has 1 saturated heterocycles. The van der Waals surface area contributed by atoms with Gasteiger partial charge in [0, 0.05) is 24.0 Å². The average Bonchev–Trinajstić information content (AvgIpc) is 2.47. The zero-order chi connectivity index (χ0) is 13.6. The van der Waals surface area contributed by atoms with Gasteiger partial charge in [-0.1, -0.05) is 19.3 Å². The molecule has 2 aliphatic rings. The van der Waals surface area contributed by atoms with Crippen molar-refractivity contribution < 1.29 is 4.74 Å². The van der Waals surface area contributed by atoms with Gasteiger partial charge >= 0.3 is 0 Å². The van der Waals surface area contributed by atoms with Gasteiger partial charge in [0.1, 0.15) is 0 Å². The maximum Gasteiger partial charge on any atom is 0.188 e. The van der Waals surface area contributed by atoms with Gasteiger partial charge in [0.15, 0.2) is 5.96 Å². The van der Waals surface area contributed by atoms with Gasteiger partial charge in [-0.2, -0.15) is 11.8 Å². The molecule has 20 heavy (non-hydrogen) atoms. The number of hydrogen-bond acceptors (Lipinski definition) is 3. The van der Waals surface area contributed by atoms with Crippen molar-refractivity contribution in [2.24, 2.45) is 10.7 Å². The normalized spacial score (nSPS) is 23.9. The molecule has 0 radical (unpaired) electrons. The van der Waals surface area contributed by atoms with Crippen molar-refractivity contribution in [2.75, 3.05) is 26.0 Å². The zero-order valence-electron chi connectivity index (χ0n) is 12.4. The first-order valence-electron chi connectivity index (χ1n) is 7.43. The van der Waals surface area contributed by atoms with Crippen LogP contribution in [-0.2, 0) is 4.74 Å². The standard InChI is InChI=1S/C14H27N3OS.HI/c1-19-14(7-9-18-10-8-14)11-16-13(15)17-12-5-3-2-4-6-12;/h12H,2-11H2,1H3,(H3,15,16,17);1H. The minimum atomic E-state index is 0. The first-order chi connectivity index (χ1) is 9.24. The SMILES string of the molecule is CSC1(CN=C(N)NC2CCCCC2)CCOCC1.I. The summed E-state index contributed by atoms with van der Waals surface area (Å²) in [5, 5.41) is 3.39.